The topological polar surface area (TPSA) is 79.4 Å². The molecular formula is C18H14ClF2N3O3S2. The average Bonchev–Trinajstić information content (AvgIpc) is 3.29. The number of nitrogens with zero attached hydrogens (tertiary/aromatic N) is 2. The van der Waals surface area contributed by atoms with Crippen LogP contribution in [0.25, 0.3) is 10.2 Å². The fourth-order valence-corrected chi connectivity index (χ4v) is 5.92. The van der Waals surface area contributed by atoms with Gasteiger partial charge in [-0.1, -0.05) is 22.9 Å². The van der Waals surface area contributed by atoms with Crippen LogP contribution < -0.4 is 5.32 Å². The third-order valence-electron chi connectivity index (χ3n) is 4.57. The van der Waals surface area contributed by atoms with Crippen molar-refractivity contribution in [1.29, 1.82) is 0 Å². The van der Waals surface area contributed by atoms with Crippen LogP contribution in [0.3, 0.4) is 0 Å². The molecule has 0 aliphatic carbocycles. The van der Waals surface area contributed by atoms with Gasteiger partial charge in [0.1, 0.15) is 17.4 Å². The van der Waals surface area contributed by atoms with Crippen LogP contribution in [0.5, 0.6) is 0 Å². The molecule has 6 nitrogen and oxygen atoms in total. The smallest absolute Gasteiger partial charge is 0.244 e. The summed E-state index contributed by atoms with van der Waals surface area (Å²) in [6.07, 6.45) is 0.858. The van der Waals surface area contributed by atoms with Crippen molar-refractivity contribution in [3.05, 3.63) is 53.1 Å². The van der Waals surface area contributed by atoms with Crippen molar-refractivity contribution in [2.45, 2.75) is 23.8 Å². The van der Waals surface area contributed by atoms with Crippen LogP contribution in [0.15, 0.2) is 41.3 Å². The second kappa shape index (κ2) is 7.60. The Morgan fingerprint density at radius 1 is 1.24 bits per heavy atom. The van der Waals surface area contributed by atoms with E-state index >= 15 is 0 Å². The van der Waals surface area contributed by atoms with Crippen molar-refractivity contribution in [2.24, 2.45) is 0 Å². The van der Waals surface area contributed by atoms with Crippen molar-refractivity contribution in [2.75, 3.05) is 11.9 Å². The minimum Gasteiger partial charge on any atom is -0.301 e. The number of halogens is 3. The van der Waals surface area contributed by atoms with Gasteiger partial charge in [-0.25, -0.2) is 22.2 Å². The molecule has 0 bridgehead atoms. The van der Waals surface area contributed by atoms with Crippen LogP contribution in [-0.4, -0.2) is 36.2 Å². The first-order chi connectivity index (χ1) is 13.8. The summed E-state index contributed by atoms with van der Waals surface area (Å²) in [7, 11) is -3.89. The van der Waals surface area contributed by atoms with E-state index in [0.29, 0.717) is 23.9 Å². The van der Waals surface area contributed by atoms with Crippen molar-refractivity contribution in [3.8, 4) is 0 Å². The number of rotatable bonds is 4. The van der Waals surface area contributed by atoms with Gasteiger partial charge in [0.25, 0.3) is 0 Å². The number of carbonyl (C=O) groups excluding carboxylic acids is 1. The lowest BCUT2D eigenvalue weighted by Crippen LogP contribution is -2.43. The molecule has 1 N–H and O–H groups in total. The third-order valence-corrected chi connectivity index (χ3v) is 7.66. The number of carbonyl (C=O) groups is 1. The SMILES string of the molecule is O=C(Nc1nc2c(F)cc(F)cc2s1)C1CCCN1S(=O)(=O)c1ccc(Cl)cc1. The molecule has 29 heavy (non-hydrogen) atoms. The van der Waals surface area contributed by atoms with Gasteiger partial charge < -0.3 is 5.32 Å². The number of nitrogens with one attached hydrogen (secondary N) is 1. The second-order valence-corrected chi connectivity index (χ2v) is 9.83. The molecule has 0 saturated carbocycles. The molecule has 2 aromatic carbocycles. The van der Waals surface area contributed by atoms with Crippen LogP contribution in [0, 0.1) is 11.6 Å². The molecule has 0 radical (unpaired) electrons. The first-order valence-electron chi connectivity index (χ1n) is 8.59. The molecule has 4 rings (SSSR count). The molecule has 1 fully saturated rings. The fraction of sp³-hybridized carbons (Fsp3) is 0.222. The Kier molecular flexibility index (Phi) is 5.28. The van der Waals surface area contributed by atoms with Crippen molar-refractivity contribution in [1.82, 2.24) is 9.29 Å². The predicted octanol–water partition coefficient (Wildman–Crippen LogP) is 4.02. The van der Waals surface area contributed by atoms with Gasteiger partial charge in [-0.2, -0.15) is 4.31 Å². The largest absolute Gasteiger partial charge is 0.301 e. The Bertz CT molecular complexity index is 1200. The van der Waals surface area contributed by atoms with Crippen LogP contribution in [0.1, 0.15) is 12.8 Å². The molecule has 1 atom stereocenters. The first-order valence-corrected chi connectivity index (χ1v) is 11.2. The second-order valence-electron chi connectivity index (χ2n) is 6.47. The van der Waals surface area contributed by atoms with Crippen LogP contribution >= 0.6 is 22.9 Å². The van der Waals surface area contributed by atoms with E-state index in [4.69, 9.17) is 11.6 Å². The standard InChI is InChI=1S/C18H14ClF2N3O3S2/c19-10-3-5-12(6-4-10)29(26,27)24-7-1-2-14(24)17(25)23-18-22-16-13(21)8-11(20)9-15(16)28-18/h3-6,8-9,14H,1-2,7H2,(H,22,23,25). The highest BCUT2D eigenvalue weighted by atomic mass is 35.5. The van der Waals surface area contributed by atoms with Crippen molar-refractivity contribution in [3.63, 3.8) is 0 Å². The number of hydrogen-bond acceptors (Lipinski definition) is 5. The van der Waals surface area contributed by atoms with E-state index in [9.17, 15) is 22.0 Å². The summed E-state index contributed by atoms with van der Waals surface area (Å²) in [6.45, 7) is 0.197. The number of aromatic nitrogens is 1. The van der Waals surface area contributed by atoms with Crippen LogP contribution in [-0.2, 0) is 14.8 Å². The van der Waals surface area contributed by atoms with E-state index < -0.39 is 33.6 Å². The molecule has 1 aliphatic heterocycles. The number of sulfonamides is 1. The van der Waals surface area contributed by atoms with E-state index in [1.807, 2.05) is 0 Å². The molecular weight excluding hydrogens is 444 g/mol. The Morgan fingerprint density at radius 2 is 1.97 bits per heavy atom. The maximum Gasteiger partial charge on any atom is 0.244 e. The van der Waals surface area contributed by atoms with Gasteiger partial charge in [0.2, 0.25) is 15.9 Å². The third kappa shape index (κ3) is 3.85. The summed E-state index contributed by atoms with van der Waals surface area (Å²) >= 11 is 6.73. The highest BCUT2D eigenvalue weighted by Crippen LogP contribution is 2.31. The summed E-state index contributed by atoms with van der Waals surface area (Å²) in [6, 6.07) is 6.61. The summed E-state index contributed by atoms with van der Waals surface area (Å²) < 4.78 is 54.4. The van der Waals surface area contributed by atoms with E-state index in [1.54, 1.807) is 0 Å². The predicted molar refractivity (Wildman–Crippen MR) is 107 cm³/mol. The lowest BCUT2D eigenvalue weighted by molar-refractivity contribution is -0.119. The Balaban J connectivity index is 1.58. The van der Waals surface area contributed by atoms with Gasteiger partial charge in [0, 0.05) is 17.6 Å². The van der Waals surface area contributed by atoms with Crippen molar-refractivity contribution < 1.29 is 22.0 Å². The Hall–Kier alpha value is -2.14. The first kappa shape index (κ1) is 20.1. The number of anilines is 1. The van der Waals surface area contributed by atoms with E-state index in [1.165, 1.54) is 24.3 Å². The van der Waals surface area contributed by atoms with Crippen LogP contribution in [0.4, 0.5) is 13.9 Å². The van der Waals surface area contributed by atoms with E-state index in [2.05, 4.69) is 10.3 Å². The number of fused-ring (bicyclic) bond motifs is 1. The molecule has 152 valence electrons. The molecule has 11 heteroatoms. The highest BCUT2D eigenvalue weighted by molar-refractivity contribution is 7.89. The zero-order chi connectivity index (χ0) is 20.8. The zero-order valence-electron chi connectivity index (χ0n) is 14.7. The maximum absolute atomic E-state index is 13.8. The molecule has 1 amide bonds. The lowest BCUT2D eigenvalue weighted by atomic mass is 10.2. The normalized spacial score (nSPS) is 17.7. The number of amides is 1. The van der Waals surface area contributed by atoms with Gasteiger partial charge in [-0.05, 0) is 43.2 Å². The van der Waals surface area contributed by atoms with Gasteiger partial charge in [0.15, 0.2) is 10.9 Å². The molecule has 1 aliphatic rings. The fourth-order valence-electron chi connectivity index (χ4n) is 3.23. The molecule has 1 saturated heterocycles. The summed E-state index contributed by atoms with van der Waals surface area (Å²) in [4.78, 5) is 16.8. The Labute approximate surface area is 174 Å². The number of hydrogen-bond donors (Lipinski definition) is 1. The number of benzene rings is 2. The number of thiazole rings is 1. The molecule has 1 unspecified atom stereocenters. The monoisotopic (exact) mass is 457 g/mol. The Morgan fingerprint density at radius 3 is 2.69 bits per heavy atom. The van der Waals surface area contributed by atoms with E-state index in [0.717, 1.165) is 21.7 Å². The summed E-state index contributed by atoms with van der Waals surface area (Å²) in [5, 5.41) is 3.01. The van der Waals surface area contributed by atoms with Crippen LogP contribution in [0.2, 0.25) is 5.02 Å². The maximum atomic E-state index is 13.8. The molecule has 0 spiro atoms. The summed E-state index contributed by atoms with van der Waals surface area (Å²) in [5.41, 5.74) is -0.0521. The molecule has 1 aromatic heterocycles. The highest BCUT2D eigenvalue weighted by Gasteiger charge is 2.39. The summed E-state index contributed by atoms with van der Waals surface area (Å²) in [5.74, 6) is -2.14. The van der Waals surface area contributed by atoms with Gasteiger partial charge >= 0.3 is 0 Å². The van der Waals surface area contributed by atoms with Crippen molar-refractivity contribution >= 4 is 54.2 Å². The quantitative estimate of drug-likeness (QED) is 0.641. The average molecular weight is 458 g/mol. The van der Waals surface area contributed by atoms with Gasteiger partial charge in [0.05, 0.1) is 9.60 Å². The lowest BCUT2D eigenvalue weighted by Gasteiger charge is -2.23. The zero-order valence-corrected chi connectivity index (χ0v) is 17.1. The molecule has 2 heterocycles. The van der Waals surface area contributed by atoms with Gasteiger partial charge in [-0.3, -0.25) is 4.79 Å². The van der Waals surface area contributed by atoms with E-state index in [-0.39, 0.29) is 26.8 Å². The molecule has 3 aromatic rings. The minimum atomic E-state index is -3.89. The van der Waals surface area contributed by atoms with Gasteiger partial charge in [-0.15, -0.1) is 0 Å². The minimum absolute atomic E-state index is 0.0409.